The van der Waals surface area contributed by atoms with E-state index in [0.29, 0.717) is 12.1 Å². The second-order valence-electron chi connectivity index (χ2n) is 2.68. The summed E-state index contributed by atoms with van der Waals surface area (Å²) in [4.78, 5) is 0. The third-order valence-corrected chi connectivity index (χ3v) is 1.74. The molecule has 0 N–H and O–H groups in total. The molecular formula is C9H8F3O. The molecule has 0 amide bonds. The molecule has 0 aliphatic carbocycles. The summed E-state index contributed by atoms with van der Waals surface area (Å²) in [6.45, 7) is 1.51. The molecule has 0 spiro atoms. The molecular weight excluding hydrogens is 181 g/mol. The van der Waals surface area contributed by atoms with Crippen LogP contribution in [-0.2, 0) is 5.11 Å². The lowest BCUT2D eigenvalue weighted by molar-refractivity contribution is 0.0788. The second kappa shape index (κ2) is 3.79. The van der Waals surface area contributed by atoms with Gasteiger partial charge in [-0.3, -0.25) is 0 Å². The van der Waals surface area contributed by atoms with Gasteiger partial charge in [-0.1, -0.05) is 6.92 Å². The number of hydrogen-bond acceptors (Lipinski definition) is 0. The molecule has 0 aliphatic rings. The first-order chi connectivity index (χ1) is 6.06. The minimum atomic E-state index is -1.47. The molecule has 4 heteroatoms. The highest BCUT2D eigenvalue weighted by molar-refractivity contribution is 5.22. The minimum Gasteiger partial charge on any atom is -0.228 e. The highest BCUT2D eigenvalue weighted by Crippen LogP contribution is 2.24. The zero-order valence-corrected chi connectivity index (χ0v) is 6.98. The van der Waals surface area contributed by atoms with Crippen molar-refractivity contribution in [1.82, 2.24) is 0 Å². The van der Waals surface area contributed by atoms with Crippen LogP contribution in [0.3, 0.4) is 0 Å². The highest BCUT2D eigenvalue weighted by atomic mass is 19.1. The Morgan fingerprint density at radius 1 is 1.23 bits per heavy atom. The predicted molar refractivity (Wildman–Crippen MR) is 40.0 cm³/mol. The van der Waals surface area contributed by atoms with Gasteiger partial charge in [0.15, 0.2) is 0 Å². The van der Waals surface area contributed by atoms with Crippen molar-refractivity contribution in [3.63, 3.8) is 0 Å². The number of halogens is 3. The maximum Gasteiger partial charge on any atom is 0.134 e. The fourth-order valence-electron chi connectivity index (χ4n) is 1.07. The van der Waals surface area contributed by atoms with E-state index in [-0.39, 0.29) is 6.42 Å². The van der Waals surface area contributed by atoms with Crippen molar-refractivity contribution < 1.29 is 18.3 Å². The molecule has 0 aliphatic heterocycles. The first kappa shape index (κ1) is 10.1. The summed E-state index contributed by atoms with van der Waals surface area (Å²) < 4.78 is 38.1. The van der Waals surface area contributed by atoms with Gasteiger partial charge in [0.25, 0.3) is 0 Å². The Kier molecular flexibility index (Phi) is 2.93. The lowest BCUT2D eigenvalue weighted by atomic mass is 10.1. The van der Waals surface area contributed by atoms with Gasteiger partial charge in [-0.2, -0.15) is 0 Å². The lowest BCUT2D eigenvalue weighted by Gasteiger charge is -2.08. The summed E-state index contributed by atoms with van der Waals surface area (Å²) in [7, 11) is 0. The van der Waals surface area contributed by atoms with Crippen LogP contribution < -0.4 is 0 Å². The molecule has 0 saturated carbocycles. The van der Waals surface area contributed by atoms with E-state index in [1.165, 1.54) is 6.92 Å². The molecule has 0 heterocycles. The van der Waals surface area contributed by atoms with Crippen molar-refractivity contribution in [3.8, 4) is 0 Å². The van der Waals surface area contributed by atoms with Gasteiger partial charge in [0.2, 0.25) is 0 Å². The van der Waals surface area contributed by atoms with Gasteiger partial charge in [-0.15, -0.1) is 0 Å². The van der Waals surface area contributed by atoms with Crippen LogP contribution in [0.4, 0.5) is 13.2 Å². The predicted octanol–water partition coefficient (Wildman–Crippen LogP) is 2.99. The minimum absolute atomic E-state index is 0.0689. The number of rotatable bonds is 2. The SMILES string of the molecule is CCC([O])c1c(F)cc(F)cc1F. The maximum absolute atomic E-state index is 12.9. The van der Waals surface area contributed by atoms with Gasteiger partial charge in [0, 0.05) is 12.1 Å². The van der Waals surface area contributed by atoms with Crippen molar-refractivity contribution >= 4 is 0 Å². The van der Waals surface area contributed by atoms with E-state index in [0.717, 1.165) is 0 Å². The van der Waals surface area contributed by atoms with Crippen LogP contribution in [0, 0.1) is 17.5 Å². The van der Waals surface area contributed by atoms with Crippen LogP contribution in [-0.4, -0.2) is 0 Å². The van der Waals surface area contributed by atoms with Gasteiger partial charge in [-0.25, -0.2) is 18.3 Å². The van der Waals surface area contributed by atoms with E-state index in [1.54, 1.807) is 0 Å². The molecule has 1 aromatic carbocycles. The molecule has 13 heavy (non-hydrogen) atoms. The molecule has 1 aromatic rings. The fourth-order valence-corrected chi connectivity index (χ4v) is 1.07. The normalized spacial score (nSPS) is 13.0. The molecule has 1 unspecified atom stereocenters. The van der Waals surface area contributed by atoms with Crippen LogP contribution in [0.2, 0.25) is 0 Å². The van der Waals surface area contributed by atoms with E-state index in [1.807, 2.05) is 0 Å². The van der Waals surface area contributed by atoms with Crippen LogP contribution in [0.1, 0.15) is 25.0 Å². The third kappa shape index (κ3) is 2.01. The summed E-state index contributed by atoms with van der Waals surface area (Å²) in [5.74, 6) is -3.24. The van der Waals surface area contributed by atoms with E-state index in [4.69, 9.17) is 0 Å². The van der Waals surface area contributed by atoms with Gasteiger partial charge in [-0.05, 0) is 6.42 Å². The average Bonchev–Trinajstić information content (AvgIpc) is 2.02. The van der Waals surface area contributed by atoms with Crippen LogP contribution >= 0.6 is 0 Å². The lowest BCUT2D eigenvalue weighted by Crippen LogP contribution is -2.02. The summed E-state index contributed by atoms with van der Waals surface area (Å²) in [5.41, 5.74) is -0.580. The molecule has 0 aromatic heterocycles. The quantitative estimate of drug-likeness (QED) is 0.681. The second-order valence-corrected chi connectivity index (χ2v) is 2.68. The Morgan fingerprint density at radius 3 is 2.08 bits per heavy atom. The smallest absolute Gasteiger partial charge is 0.134 e. The van der Waals surface area contributed by atoms with Crippen LogP contribution in [0.25, 0.3) is 0 Å². The van der Waals surface area contributed by atoms with Gasteiger partial charge >= 0.3 is 0 Å². The van der Waals surface area contributed by atoms with Crippen LogP contribution in [0.5, 0.6) is 0 Å². The molecule has 0 saturated heterocycles. The third-order valence-electron chi connectivity index (χ3n) is 1.74. The highest BCUT2D eigenvalue weighted by Gasteiger charge is 2.18. The Bertz CT molecular complexity index is 289. The Hall–Kier alpha value is -1.03. The van der Waals surface area contributed by atoms with Crippen molar-refractivity contribution in [2.45, 2.75) is 19.4 Å². The van der Waals surface area contributed by atoms with E-state index < -0.39 is 29.1 Å². The Balaban J connectivity index is 3.20. The van der Waals surface area contributed by atoms with Crippen LogP contribution in [0.15, 0.2) is 12.1 Å². The molecule has 71 valence electrons. The topological polar surface area (TPSA) is 19.9 Å². The summed E-state index contributed by atoms with van der Waals surface area (Å²) >= 11 is 0. The monoisotopic (exact) mass is 189 g/mol. The largest absolute Gasteiger partial charge is 0.228 e. The number of hydrogen-bond donors (Lipinski definition) is 0. The molecule has 1 nitrogen and oxygen atoms in total. The van der Waals surface area contributed by atoms with Crippen molar-refractivity contribution in [2.24, 2.45) is 0 Å². The zero-order valence-electron chi connectivity index (χ0n) is 6.98. The van der Waals surface area contributed by atoms with E-state index >= 15 is 0 Å². The van der Waals surface area contributed by atoms with Crippen molar-refractivity contribution in [2.75, 3.05) is 0 Å². The van der Waals surface area contributed by atoms with Crippen molar-refractivity contribution in [1.29, 1.82) is 0 Å². The first-order valence-corrected chi connectivity index (χ1v) is 3.86. The zero-order chi connectivity index (χ0) is 10.0. The van der Waals surface area contributed by atoms with E-state index in [2.05, 4.69) is 0 Å². The van der Waals surface area contributed by atoms with Crippen molar-refractivity contribution in [3.05, 3.63) is 35.1 Å². The summed E-state index contributed by atoms with van der Waals surface area (Å²) in [6.07, 6.45) is -1.40. The Morgan fingerprint density at radius 2 is 1.69 bits per heavy atom. The molecule has 1 radical (unpaired) electrons. The summed E-state index contributed by atoms with van der Waals surface area (Å²) in [5, 5.41) is 11.0. The van der Waals surface area contributed by atoms with Gasteiger partial charge in [0.05, 0.1) is 5.56 Å². The standard InChI is InChI=1S/C9H8F3O/c1-2-8(13)9-6(11)3-5(10)4-7(9)12/h3-4,8H,2H2,1H3. The maximum atomic E-state index is 12.9. The Labute approximate surface area is 73.8 Å². The number of benzene rings is 1. The summed E-state index contributed by atoms with van der Waals surface area (Å²) in [6, 6.07) is 1.03. The molecule has 1 atom stereocenters. The van der Waals surface area contributed by atoms with Gasteiger partial charge < -0.3 is 0 Å². The molecule has 0 fully saturated rings. The first-order valence-electron chi connectivity index (χ1n) is 3.86. The molecule has 1 rings (SSSR count). The molecule has 0 bridgehead atoms. The van der Waals surface area contributed by atoms with E-state index in [9.17, 15) is 18.3 Å². The van der Waals surface area contributed by atoms with Gasteiger partial charge in [0.1, 0.15) is 23.6 Å². The average molecular weight is 189 g/mol. The fraction of sp³-hybridized carbons (Fsp3) is 0.333.